The van der Waals surface area contributed by atoms with Gasteiger partial charge in [0.1, 0.15) is 12.3 Å². The van der Waals surface area contributed by atoms with Crippen LogP contribution < -0.4 is 4.74 Å². The molecule has 0 saturated carbocycles. The average Bonchev–Trinajstić information content (AvgIpc) is 3.33. The van der Waals surface area contributed by atoms with Gasteiger partial charge in [0.25, 0.3) is 5.91 Å². The largest absolute Gasteiger partial charge is 0.473 e. The van der Waals surface area contributed by atoms with Gasteiger partial charge < -0.3 is 14.1 Å². The van der Waals surface area contributed by atoms with Crippen molar-refractivity contribution >= 4 is 14.2 Å². The fourth-order valence-corrected chi connectivity index (χ4v) is 5.89. The first kappa shape index (κ1) is 30.8. The van der Waals surface area contributed by atoms with E-state index in [9.17, 15) is 18.0 Å². The van der Waals surface area contributed by atoms with Gasteiger partial charge in [0.05, 0.1) is 24.3 Å². The molecule has 41 heavy (non-hydrogen) atoms. The van der Waals surface area contributed by atoms with E-state index in [4.69, 9.17) is 9.16 Å². The summed E-state index contributed by atoms with van der Waals surface area (Å²) < 4.78 is 53.3. The van der Waals surface area contributed by atoms with E-state index < -0.39 is 32.1 Å². The summed E-state index contributed by atoms with van der Waals surface area (Å²) in [6.45, 7) is 13.2. The minimum absolute atomic E-state index is 0.0326. The van der Waals surface area contributed by atoms with Gasteiger partial charge >= 0.3 is 6.18 Å². The van der Waals surface area contributed by atoms with Crippen LogP contribution in [0.2, 0.25) is 18.1 Å². The second kappa shape index (κ2) is 12.0. The number of carbonyl (C=O) groups excluding carboxylic acids is 1. The first-order valence-corrected chi connectivity index (χ1v) is 16.9. The standard InChI is InChI=1S/C32H39F3N2O3Si/c1-22(20-40-41(5,6)31(2,3)4)37(28-18-16-24-15-17-25(19-26(24)28)32(33,34)35)30(38)27-13-10-14-29(36-27)39-21-23-11-8-7-9-12-23/h7-15,17,19,22,28H,16,18,20-21H2,1-6H3. The van der Waals surface area contributed by atoms with E-state index in [0.29, 0.717) is 30.9 Å². The lowest BCUT2D eigenvalue weighted by atomic mass is 10.0. The van der Waals surface area contributed by atoms with Crippen LogP contribution in [0.25, 0.3) is 0 Å². The SMILES string of the molecule is CC(CO[Si](C)(C)C(C)(C)C)N(C(=O)c1cccc(OCc2ccccc2)n1)C1CCc2ccc(C(F)(F)F)cc21. The Morgan fingerprint density at radius 2 is 1.76 bits per heavy atom. The first-order chi connectivity index (χ1) is 19.2. The summed E-state index contributed by atoms with van der Waals surface area (Å²) in [5.74, 6) is -0.0623. The Balaban J connectivity index is 1.65. The quantitative estimate of drug-likeness (QED) is 0.238. The number of amides is 1. The molecule has 0 spiro atoms. The van der Waals surface area contributed by atoms with E-state index in [-0.39, 0.29) is 23.2 Å². The number of hydrogen-bond donors (Lipinski definition) is 0. The molecule has 4 rings (SSSR count). The van der Waals surface area contributed by atoms with Gasteiger partial charge in [-0.2, -0.15) is 13.2 Å². The summed E-state index contributed by atoms with van der Waals surface area (Å²) in [4.78, 5) is 20.3. The van der Waals surface area contributed by atoms with Gasteiger partial charge in [0.15, 0.2) is 8.32 Å². The van der Waals surface area contributed by atoms with Crippen LogP contribution in [0, 0.1) is 0 Å². The number of ether oxygens (including phenoxy) is 1. The number of carbonyl (C=O) groups is 1. The zero-order valence-corrected chi connectivity index (χ0v) is 25.6. The predicted molar refractivity (Wildman–Crippen MR) is 156 cm³/mol. The summed E-state index contributed by atoms with van der Waals surface area (Å²) in [5.41, 5.74) is 1.78. The van der Waals surface area contributed by atoms with Crippen LogP contribution in [0.4, 0.5) is 13.2 Å². The molecule has 1 aromatic heterocycles. The van der Waals surface area contributed by atoms with E-state index in [2.05, 4.69) is 38.8 Å². The van der Waals surface area contributed by atoms with E-state index in [0.717, 1.165) is 17.2 Å². The number of hydrogen-bond acceptors (Lipinski definition) is 4. The van der Waals surface area contributed by atoms with Crippen LogP contribution in [-0.2, 0) is 23.6 Å². The molecule has 9 heteroatoms. The number of alkyl halides is 3. The third kappa shape index (κ3) is 7.19. The molecule has 0 N–H and O–H groups in total. The Morgan fingerprint density at radius 1 is 1.05 bits per heavy atom. The van der Waals surface area contributed by atoms with Gasteiger partial charge in [-0.1, -0.05) is 63.2 Å². The molecular formula is C32H39F3N2O3Si. The molecule has 0 saturated heterocycles. The number of aryl methyl sites for hydroxylation is 1. The number of fused-ring (bicyclic) bond motifs is 1. The van der Waals surface area contributed by atoms with Crippen molar-refractivity contribution in [1.29, 1.82) is 0 Å². The normalized spacial score (nSPS) is 16.3. The van der Waals surface area contributed by atoms with Gasteiger partial charge in [-0.15, -0.1) is 0 Å². The number of halogens is 3. The molecule has 1 heterocycles. The number of pyridine rings is 1. The van der Waals surface area contributed by atoms with Crippen LogP contribution in [0.15, 0.2) is 66.7 Å². The van der Waals surface area contributed by atoms with E-state index in [1.165, 1.54) is 12.1 Å². The van der Waals surface area contributed by atoms with Crippen LogP contribution in [0.5, 0.6) is 5.88 Å². The molecule has 220 valence electrons. The maximum atomic E-state index is 14.2. The van der Waals surface area contributed by atoms with Gasteiger partial charge in [-0.25, -0.2) is 4.98 Å². The van der Waals surface area contributed by atoms with Crippen LogP contribution in [-0.4, -0.2) is 36.8 Å². The zero-order chi connectivity index (χ0) is 30.0. The van der Waals surface area contributed by atoms with Crippen molar-refractivity contribution in [3.05, 3.63) is 94.7 Å². The summed E-state index contributed by atoms with van der Waals surface area (Å²) in [7, 11) is -2.15. The average molecular weight is 585 g/mol. The van der Waals surface area contributed by atoms with E-state index in [1.54, 1.807) is 23.1 Å². The Kier molecular flexibility index (Phi) is 8.99. The van der Waals surface area contributed by atoms with Crippen LogP contribution >= 0.6 is 0 Å². The predicted octanol–water partition coefficient (Wildman–Crippen LogP) is 8.22. The van der Waals surface area contributed by atoms with Crippen molar-refractivity contribution < 1.29 is 27.1 Å². The second-order valence-electron chi connectivity index (χ2n) is 12.2. The molecule has 2 aromatic carbocycles. The summed E-state index contributed by atoms with van der Waals surface area (Å²) in [6.07, 6.45) is -3.36. The second-order valence-corrected chi connectivity index (χ2v) is 17.0. The van der Waals surface area contributed by atoms with Gasteiger partial charge in [-0.3, -0.25) is 4.79 Å². The monoisotopic (exact) mass is 584 g/mol. The Morgan fingerprint density at radius 3 is 2.41 bits per heavy atom. The molecule has 5 nitrogen and oxygen atoms in total. The smallest absolute Gasteiger partial charge is 0.416 e. The molecule has 0 fully saturated rings. The highest BCUT2D eigenvalue weighted by atomic mass is 28.4. The first-order valence-electron chi connectivity index (χ1n) is 14.0. The number of aromatic nitrogens is 1. The molecule has 1 amide bonds. The van der Waals surface area contributed by atoms with Crippen molar-refractivity contribution in [3.63, 3.8) is 0 Å². The number of benzene rings is 2. The highest BCUT2D eigenvalue weighted by Crippen LogP contribution is 2.42. The highest BCUT2D eigenvalue weighted by molar-refractivity contribution is 6.74. The minimum atomic E-state index is -4.47. The summed E-state index contributed by atoms with van der Waals surface area (Å²) >= 11 is 0. The molecular weight excluding hydrogens is 545 g/mol. The van der Waals surface area contributed by atoms with Gasteiger partial charge in [-0.05, 0) is 72.8 Å². The maximum Gasteiger partial charge on any atom is 0.416 e. The zero-order valence-electron chi connectivity index (χ0n) is 24.6. The van der Waals surface area contributed by atoms with Crippen LogP contribution in [0.3, 0.4) is 0 Å². The summed E-state index contributed by atoms with van der Waals surface area (Å²) in [6, 6.07) is 17.6. The van der Waals surface area contributed by atoms with Gasteiger partial charge in [0.2, 0.25) is 5.88 Å². The highest BCUT2D eigenvalue weighted by Gasteiger charge is 2.41. The fourth-order valence-electron chi connectivity index (χ4n) is 4.80. The molecule has 2 atom stereocenters. The number of nitrogens with zero attached hydrogens (tertiary/aromatic N) is 2. The molecule has 1 aliphatic rings. The lowest BCUT2D eigenvalue weighted by molar-refractivity contribution is -0.137. The van der Waals surface area contributed by atoms with Crippen molar-refractivity contribution in [2.45, 2.75) is 83.5 Å². The fraction of sp³-hybridized carbons (Fsp3) is 0.438. The van der Waals surface area contributed by atoms with Crippen molar-refractivity contribution in [1.82, 2.24) is 9.88 Å². The molecule has 3 aromatic rings. The van der Waals surface area contributed by atoms with Crippen molar-refractivity contribution in [2.24, 2.45) is 0 Å². The summed E-state index contributed by atoms with van der Waals surface area (Å²) in [5, 5.41) is -0.0326. The Hall–Kier alpha value is -3.17. The molecule has 0 aliphatic heterocycles. The third-order valence-electron chi connectivity index (χ3n) is 8.23. The topological polar surface area (TPSA) is 51.7 Å². The van der Waals surface area contributed by atoms with Gasteiger partial charge in [0, 0.05) is 6.07 Å². The molecule has 2 unspecified atom stereocenters. The lowest BCUT2D eigenvalue weighted by Gasteiger charge is -2.40. The molecule has 0 radical (unpaired) electrons. The molecule has 0 bridgehead atoms. The number of rotatable bonds is 9. The lowest BCUT2D eigenvalue weighted by Crippen LogP contribution is -2.48. The molecule has 1 aliphatic carbocycles. The minimum Gasteiger partial charge on any atom is -0.473 e. The van der Waals surface area contributed by atoms with E-state index >= 15 is 0 Å². The third-order valence-corrected chi connectivity index (χ3v) is 12.7. The Labute approximate surface area is 241 Å². The maximum absolute atomic E-state index is 14.2. The van der Waals surface area contributed by atoms with Crippen molar-refractivity contribution in [3.8, 4) is 5.88 Å². The van der Waals surface area contributed by atoms with Crippen molar-refractivity contribution in [2.75, 3.05) is 6.61 Å². The Bertz CT molecular complexity index is 1360. The van der Waals surface area contributed by atoms with Crippen LogP contribution in [0.1, 0.15) is 72.9 Å². The van der Waals surface area contributed by atoms with E-state index in [1.807, 2.05) is 37.3 Å².